The lowest BCUT2D eigenvalue weighted by Crippen LogP contribution is -2.18. The smallest absolute Gasteiger partial charge is 0.278 e. The molecule has 1 amide bonds. The van der Waals surface area contributed by atoms with Gasteiger partial charge in [-0.05, 0) is 12.5 Å². The highest BCUT2D eigenvalue weighted by Crippen LogP contribution is 2.16. The third kappa shape index (κ3) is 2.49. The predicted octanol–water partition coefficient (Wildman–Crippen LogP) is 0.505. The molecular weight excluding hydrogens is 246 g/mol. The zero-order chi connectivity index (χ0) is 14.0. The van der Waals surface area contributed by atoms with E-state index in [0.717, 1.165) is 5.69 Å². The van der Waals surface area contributed by atoms with Crippen LogP contribution in [0.2, 0.25) is 0 Å². The Morgan fingerprint density at radius 2 is 2.26 bits per heavy atom. The minimum atomic E-state index is -0.410. The molecule has 0 aliphatic heterocycles. The van der Waals surface area contributed by atoms with Gasteiger partial charge in [0, 0.05) is 19.3 Å². The minimum Gasteiger partial charge on any atom is -0.395 e. The summed E-state index contributed by atoms with van der Waals surface area (Å²) in [6.07, 6.45) is 2.20. The van der Waals surface area contributed by atoms with E-state index in [9.17, 15) is 9.59 Å². The highest BCUT2D eigenvalue weighted by Gasteiger charge is 2.16. The number of nitrogens with one attached hydrogen (secondary N) is 2. The van der Waals surface area contributed by atoms with Crippen LogP contribution in [0.1, 0.15) is 23.1 Å². The van der Waals surface area contributed by atoms with Crippen LogP contribution in [-0.2, 0) is 13.5 Å². The molecule has 0 saturated carbocycles. The molecule has 0 radical (unpaired) electrons. The third-order valence-electron chi connectivity index (χ3n) is 2.80. The molecule has 0 aliphatic carbocycles. The van der Waals surface area contributed by atoms with Crippen molar-refractivity contribution in [2.75, 3.05) is 11.1 Å². The van der Waals surface area contributed by atoms with Gasteiger partial charge in [0.15, 0.2) is 5.69 Å². The van der Waals surface area contributed by atoms with Crippen molar-refractivity contribution in [2.24, 2.45) is 7.05 Å². The Labute approximate surface area is 109 Å². The number of carbonyl (C=O) groups excluding carboxylic acids is 1. The highest BCUT2D eigenvalue weighted by molar-refractivity contribution is 6.06. The van der Waals surface area contributed by atoms with Crippen LogP contribution in [0.25, 0.3) is 0 Å². The Bertz CT molecular complexity index is 671. The molecule has 19 heavy (non-hydrogen) atoms. The lowest BCUT2D eigenvalue weighted by molar-refractivity contribution is 0.102. The van der Waals surface area contributed by atoms with Crippen LogP contribution < -0.4 is 16.6 Å². The molecule has 0 aromatic carbocycles. The number of anilines is 2. The van der Waals surface area contributed by atoms with E-state index >= 15 is 0 Å². The number of aryl methyl sites for hydroxylation is 2. The third-order valence-corrected chi connectivity index (χ3v) is 2.80. The largest absolute Gasteiger partial charge is 0.395 e. The van der Waals surface area contributed by atoms with Crippen molar-refractivity contribution in [3.8, 4) is 0 Å². The van der Waals surface area contributed by atoms with E-state index < -0.39 is 5.91 Å². The number of rotatable bonds is 3. The van der Waals surface area contributed by atoms with E-state index in [4.69, 9.17) is 5.73 Å². The van der Waals surface area contributed by atoms with Gasteiger partial charge in [0.05, 0.1) is 17.1 Å². The molecule has 4 N–H and O–H groups in total. The van der Waals surface area contributed by atoms with E-state index in [1.807, 2.05) is 6.92 Å². The number of hydrogen-bond acceptors (Lipinski definition) is 4. The lowest BCUT2D eigenvalue weighted by atomic mass is 10.2. The minimum absolute atomic E-state index is 0.148. The van der Waals surface area contributed by atoms with Crippen molar-refractivity contribution in [3.05, 3.63) is 40.1 Å². The Balaban J connectivity index is 2.23. The molecule has 0 spiro atoms. The van der Waals surface area contributed by atoms with Gasteiger partial charge in [-0.2, -0.15) is 5.10 Å². The molecule has 0 bridgehead atoms. The zero-order valence-corrected chi connectivity index (χ0v) is 10.7. The number of hydrogen-bond donors (Lipinski definition) is 3. The van der Waals surface area contributed by atoms with Gasteiger partial charge in [0.25, 0.3) is 5.91 Å². The van der Waals surface area contributed by atoms with Crippen LogP contribution >= 0.6 is 0 Å². The summed E-state index contributed by atoms with van der Waals surface area (Å²) in [5.41, 5.74) is 7.41. The van der Waals surface area contributed by atoms with Gasteiger partial charge in [-0.25, -0.2) is 0 Å². The average Bonchev–Trinajstić information content (AvgIpc) is 2.75. The zero-order valence-electron chi connectivity index (χ0n) is 10.7. The SMILES string of the molecule is CCc1[nH]nc(C(=O)Nc2ccc(=O)n(C)c2)c1N. The first-order valence-corrected chi connectivity index (χ1v) is 5.83. The highest BCUT2D eigenvalue weighted by atomic mass is 16.2. The van der Waals surface area contributed by atoms with E-state index in [2.05, 4.69) is 15.5 Å². The lowest BCUT2D eigenvalue weighted by Gasteiger charge is -2.05. The number of aromatic nitrogens is 3. The average molecular weight is 261 g/mol. The maximum absolute atomic E-state index is 12.0. The first kappa shape index (κ1) is 12.9. The molecule has 0 aliphatic rings. The predicted molar refractivity (Wildman–Crippen MR) is 72.0 cm³/mol. The first-order chi connectivity index (χ1) is 9.02. The second-order valence-corrected chi connectivity index (χ2v) is 4.14. The van der Waals surface area contributed by atoms with Gasteiger partial charge in [-0.1, -0.05) is 6.92 Å². The van der Waals surface area contributed by atoms with E-state index in [-0.39, 0.29) is 11.3 Å². The molecule has 2 heterocycles. The summed E-state index contributed by atoms with van der Waals surface area (Å²) < 4.78 is 1.38. The van der Waals surface area contributed by atoms with Crippen LogP contribution in [-0.4, -0.2) is 20.7 Å². The standard InChI is InChI=1S/C12H15N5O2/c1-3-8-10(13)11(16-15-8)12(19)14-7-4-5-9(18)17(2)6-7/h4-6H,3,13H2,1-2H3,(H,14,19)(H,15,16). The Morgan fingerprint density at radius 3 is 2.84 bits per heavy atom. The second-order valence-electron chi connectivity index (χ2n) is 4.14. The monoisotopic (exact) mass is 261 g/mol. The molecule has 100 valence electrons. The normalized spacial score (nSPS) is 10.4. The van der Waals surface area contributed by atoms with E-state index in [1.54, 1.807) is 7.05 Å². The number of aromatic amines is 1. The molecule has 0 fully saturated rings. The first-order valence-electron chi connectivity index (χ1n) is 5.83. The fraction of sp³-hybridized carbons (Fsp3) is 0.250. The molecule has 2 aromatic rings. The Hall–Kier alpha value is -2.57. The van der Waals surface area contributed by atoms with Crippen molar-refractivity contribution in [1.82, 2.24) is 14.8 Å². The van der Waals surface area contributed by atoms with Gasteiger partial charge in [-0.15, -0.1) is 0 Å². The number of pyridine rings is 1. The summed E-state index contributed by atoms with van der Waals surface area (Å²) in [6, 6.07) is 2.91. The number of nitrogen functional groups attached to an aromatic ring is 1. The van der Waals surface area contributed by atoms with Crippen LogP contribution in [0, 0.1) is 0 Å². The molecule has 2 aromatic heterocycles. The van der Waals surface area contributed by atoms with Crippen molar-refractivity contribution in [3.63, 3.8) is 0 Å². The Morgan fingerprint density at radius 1 is 1.53 bits per heavy atom. The van der Waals surface area contributed by atoms with E-state index in [1.165, 1.54) is 22.9 Å². The summed E-state index contributed by atoms with van der Waals surface area (Å²) in [5.74, 6) is -0.410. The number of H-pyrrole nitrogens is 1. The second kappa shape index (κ2) is 4.97. The number of carbonyl (C=O) groups is 1. The number of nitrogens with two attached hydrogens (primary N) is 1. The van der Waals surface area contributed by atoms with Crippen LogP contribution in [0.15, 0.2) is 23.1 Å². The summed E-state index contributed by atoms with van der Waals surface area (Å²) >= 11 is 0. The molecule has 0 saturated heterocycles. The molecule has 0 atom stereocenters. The van der Waals surface area contributed by atoms with Gasteiger partial charge >= 0.3 is 0 Å². The van der Waals surface area contributed by atoms with Crippen molar-refractivity contribution in [1.29, 1.82) is 0 Å². The van der Waals surface area contributed by atoms with Crippen molar-refractivity contribution >= 4 is 17.3 Å². The topological polar surface area (TPSA) is 106 Å². The van der Waals surface area contributed by atoms with Crippen LogP contribution in [0.3, 0.4) is 0 Å². The molecule has 2 rings (SSSR count). The summed E-state index contributed by atoms with van der Waals surface area (Å²) in [6.45, 7) is 1.92. The molecule has 7 heteroatoms. The number of nitrogens with zero attached hydrogens (tertiary/aromatic N) is 2. The maximum Gasteiger partial charge on any atom is 0.278 e. The van der Waals surface area contributed by atoms with Crippen molar-refractivity contribution < 1.29 is 4.79 Å². The quantitative estimate of drug-likeness (QED) is 0.748. The van der Waals surface area contributed by atoms with Gasteiger partial charge in [0.1, 0.15) is 0 Å². The maximum atomic E-state index is 12.0. The molecule has 7 nitrogen and oxygen atoms in total. The fourth-order valence-electron chi connectivity index (χ4n) is 1.69. The summed E-state index contributed by atoms with van der Waals surface area (Å²) in [7, 11) is 1.61. The van der Waals surface area contributed by atoms with Gasteiger partial charge in [0.2, 0.25) is 5.56 Å². The summed E-state index contributed by atoms with van der Waals surface area (Å²) in [4.78, 5) is 23.2. The van der Waals surface area contributed by atoms with Crippen LogP contribution in [0.5, 0.6) is 0 Å². The molecular formula is C12H15N5O2. The summed E-state index contributed by atoms with van der Waals surface area (Å²) in [5, 5.41) is 9.26. The van der Waals surface area contributed by atoms with Gasteiger partial charge < -0.3 is 15.6 Å². The van der Waals surface area contributed by atoms with Crippen molar-refractivity contribution in [2.45, 2.75) is 13.3 Å². The van der Waals surface area contributed by atoms with Gasteiger partial charge in [-0.3, -0.25) is 14.7 Å². The van der Waals surface area contributed by atoms with E-state index in [0.29, 0.717) is 17.8 Å². The van der Waals surface area contributed by atoms with Crippen LogP contribution in [0.4, 0.5) is 11.4 Å². The number of amides is 1. The Kier molecular flexibility index (Phi) is 3.37. The fourth-order valence-corrected chi connectivity index (χ4v) is 1.69. The molecule has 0 unspecified atom stereocenters.